The Morgan fingerprint density at radius 2 is 1.22 bits per heavy atom. The van der Waals surface area contributed by atoms with Crippen LogP contribution in [0, 0.1) is 0 Å². The van der Waals surface area contributed by atoms with E-state index in [1.807, 2.05) is 0 Å². The van der Waals surface area contributed by atoms with Gasteiger partial charge in [-0.25, -0.2) is 0 Å². The minimum atomic E-state index is -3.54. The summed E-state index contributed by atoms with van der Waals surface area (Å²) in [5.41, 5.74) is 0. The van der Waals surface area contributed by atoms with Crippen molar-refractivity contribution in [3.8, 4) is 0 Å². The second kappa shape index (κ2) is 14.9. The molecule has 0 aliphatic heterocycles. The van der Waals surface area contributed by atoms with Crippen molar-refractivity contribution in [3.05, 3.63) is 0 Å². The van der Waals surface area contributed by atoms with E-state index < -0.39 is 9.15 Å². The molecule has 0 saturated heterocycles. The van der Waals surface area contributed by atoms with E-state index >= 15 is 0 Å². The SMILES string of the molecule is CCCCCCCCCCCCOS(=O)(=O)S.[CaH2]. The summed E-state index contributed by atoms with van der Waals surface area (Å²) in [4.78, 5) is 0. The van der Waals surface area contributed by atoms with E-state index in [1.54, 1.807) is 0 Å². The molecule has 0 aliphatic carbocycles. The fraction of sp³-hybridized carbons (Fsp3) is 1.00. The van der Waals surface area contributed by atoms with Crippen LogP contribution in [0.3, 0.4) is 0 Å². The molecule has 0 unspecified atom stereocenters. The van der Waals surface area contributed by atoms with Crippen molar-refractivity contribution >= 4 is 58.5 Å². The van der Waals surface area contributed by atoms with E-state index in [4.69, 9.17) is 0 Å². The van der Waals surface area contributed by atoms with Crippen LogP contribution in [0.2, 0.25) is 0 Å². The molecule has 0 amide bonds. The maximum atomic E-state index is 10.5. The molecule has 0 atom stereocenters. The number of unbranched alkanes of at least 4 members (excludes halogenated alkanes) is 9. The average Bonchev–Trinajstić information content (AvgIpc) is 2.24. The van der Waals surface area contributed by atoms with Crippen molar-refractivity contribution in [2.45, 2.75) is 71.1 Å². The van der Waals surface area contributed by atoms with Crippen molar-refractivity contribution in [3.63, 3.8) is 0 Å². The molecule has 0 radical (unpaired) electrons. The first-order valence-corrected chi connectivity index (χ1v) is 9.14. The predicted molar refractivity (Wildman–Crippen MR) is 84.2 cm³/mol. The quantitative estimate of drug-likeness (QED) is 0.259. The van der Waals surface area contributed by atoms with Crippen molar-refractivity contribution in [1.82, 2.24) is 0 Å². The third-order valence-corrected chi connectivity index (χ3v) is 3.51. The zero-order chi connectivity index (χ0) is 13.0. The molecule has 0 heterocycles. The average molecular weight is 325 g/mol. The molecular formula is C12H28CaO3S2. The monoisotopic (exact) mass is 324 g/mol. The van der Waals surface area contributed by atoms with Crippen LogP contribution < -0.4 is 0 Å². The normalized spacial score (nSPS) is 11.2. The number of thiol groups is 1. The Hall–Kier alpha value is 1.52. The summed E-state index contributed by atoms with van der Waals surface area (Å²) < 4.78 is 25.6. The Bertz CT molecular complexity index is 256. The Kier molecular flexibility index (Phi) is 18.1. The standard InChI is InChI=1S/C12H26O3S2.Ca.2H/c1-2-3-4-5-6-7-8-9-10-11-12-15-17(13,14)16;;;/h2-12H2,1H3,(H,13,14,16);;;. The van der Waals surface area contributed by atoms with E-state index in [9.17, 15) is 8.42 Å². The third kappa shape index (κ3) is 19.9. The molecule has 0 bridgehead atoms. The van der Waals surface area contributed by atoms with Crippen LogP contribution in [-0.2, 0) is 13.3 Å². The molecule has 0 fully saturated rings. The van der Waals surface area contributed by atoms with Gasteiger partial charge in [-0.3, -0.25) is 4.18 Å². The first-order valence-electron chi connectivity index (χ1n) is 6.68. The van der Waals surface area contributed by atoms with Crippen LogP contribution in [0.15, 0.2) is 0 Å². The Morgan fingerprint density at radius 3 is 1.61 bits per heavy atom. The summed E-state index contributed by atoms with van der Waals surface area (Å²) in [5, 5.41) is 0. The van der Waals surface area contributed by atoms with Gasteiger partial charge in [0.05, 0.1) is 6.61 Å². The third-order valence-electron chi connectivity index (χ3n) is 2.73. The second-order valence-electron chi connectivity index (χ2n) is 4.43. The Labute approximate surface area is 147 Å². The molecule has 108 valence electrons. The van der Waals surface area contributed by atoms with Gasteiger partial charge in [0, 0.05) is 0 Å². The number of rotatable bonds is 12. The predicted octanol–water partition coefficient (Wildman–Crippen LogP) is 3.18. The van der Waals surface area contributed by atoms with E-state index in [0.29, 0.717) is 0 Å². The van der Waals surface area contributed by atoms with Crippen LogP contribution >= 0.6 is 11.7 Å². The second-order valence-corrected chi connectivity index (χ2v) is 6.86. The molecular weight excluding hydrogens is 296 g/mol. The molecule has 0 spiro atoms. The molecule has 0 N–H and O–H groups in total. The van der Waals surface area contributed by atoms with Crippen LogP contribution in [0.5, 0.6) is 0 Å². The van der Waals surface area contributed by atoms with Gasteiger partial charge < -0.3 is 0 Å². The van der Waals surface area contributed by atoms with Gasteiger partial charge in [-0.2, -0.15) is 8.42 Å². The number of hydrogen-bond acceptors (Lipinski definition) is 3. The fourth-order valence-corrected chi connectivity index (χ4v) is 2.31. The van der Waals surface area contributed by atoms with Crippen molar-refractivity contribution in [1.29, 1.82) is 0 Å². The Morgan fingerprint density at radius 1 is 0.833 bits per heavy atom. The number of hydrogen-bond donors (Lipinski definition) is 1. The molecule has 0 aromatic rings. The van der Waals surface area contributed by atoms with E-state index in [-0.39, 0.29) is 44.3 Å². The molecule has 0 aromatic heterocycles. The molecule has 3 nitrogen and oxygen atoms in total. The van der Waals surface area contributed by atoms with Gasteiger partial charge in [-0.05, 0) is 18.1 Å². The summed E-state index contributed by atoms with van der Waals surface area (Å²) >= 11 is 3.30. The summed E-state index contributed by atoms with van der Waals surface area (Å²) in [7, 11) is -3.54. The van der Waals surface area contributed by atoms with Gasteiger partial charge in [0.1, 0.15) is 0 Å². The van der Waals surface area contributed by atoms with Crippen molar-refractivity contribution in [2.75, 3.05) is 6.61 Å². The van der Waals surface area contributed by atoms with Crippen LogP contribution in [0.25, 0.3) is 0 Å². The van der Waals surface area contributed by atoms with Crippen LogP contribution in [0.4, 0.5) is 0 Å². The van der Waals surface area contributed by atoms with Crippen LogP contribution in [0.1, 0.15) is 71.1 Å². The topological polar surface area (TPSA) is 43.4 Å². The van der Waals surface area contributed by atoms with Gasteiger partial charge in [0.25, 0.3) is 0 Å². The van der Waals surface area contributed by atoms with Gasteiger partial charge >= 0.3 is 46.9 Å². The zero-order valence-corrected chi connectivity index (χ0v) is 12.6. The fourth-order valence-electron chi connectivity index (χ4n) is 1.75. The van der Waals surface area contributed by atoms with Crippen molar-refractivity contribution in [2.24, 2.45) is 0 Å². The van der Waals surface area contributed by atoms with Gasteiger partial charge in [0.2, 0.25) is 0 Å². The maximum absolute atomic E-state index is 10.5. The van der Waals surface area contributed by atoms with Crippen LogP contribution in [-0.4, -0.2) is 52.8 Å². The van der Waals surface area contributed by atoms with Gasteiger partial charge in [-0.15, -0.1) is 0 Å². The summed E-state index contributed by atoms with van der Waals surface area (Å²) in [6.45, 7) is 2.50. The van der Waals surface area contributed by atoms with E-state index in [0.717, 1.165) is 12.8 Å². The summed E-state index contributed by atoms with van der Waals surface area (Å²) in [5.74, 6) is 0. The molecule has 0 saturated carbocycles. The summed E-state index contributed by atoms with van der Waals surface area (Å²) in [6.07, 6.45) is 12.3. The molecule has 18 heavy (non-hydrogen) atoms. The molecule has 0 aromatic carbocycles. The minimum absolute atomic E-state index is 0. The molecule has 0 rings (SSSR count). The summed E-state index contributed by atoms with van der Waals surface area (Å²) in [6, 6.07) is 0. The zero-order valence-electron chi connectivity index (χ0n) is 10.9. The Balaban J connectivity index is 0. The first kappa shape index (κ1) is 21.8. The van der Waals surface area contributed by atoms with Gasteiger partial charge in [0.15, 0.2) is 0 Å². The molecule has 0 aliphatic rings. The first-order chi connectivity index (χ1) is 8.06. The van der Waals surface area contributed by atoms with Crippen molar-refractivity contribution < 1.29 is 12.6 Å². The molecule has 6 heteroatoms. The van der Waals surface area contributed by atoms with Gasteiger partial charge in [-0.1, -0.05) is 64.7 Å². The van der Waals surface area contributed by atoms with E-state index in [2.05, 4.69) is 22.8 Å². The van der Waals surface area contributed by atoms with E-state index in [1.165, 1.54) is 51.4 Å².